The molecule has 15 nitrogen and oxygen atoms in total. The lowest BCUT2D eigenvalue weighted by Gasteiger charge is -2.38. The van der Waals surface area contributed by atoms with Gasteiger partial charge in [0.15, 0.2) is 12.4 Å². The molecule has 0 aliphatic carbocycles. The number of nitrogens with one attached hydrogen (secondary N) is 1. The Kier molecular flexibility index (Phi) is 18.2. The molecule has 0 aromatic heterocycles. The van der Waals surface area contributed by atoms with E-state index in [1.807, 2.05) is 0 Å². The van der Waals surface area contributed by atoms with E-state index in [1.54, 1.807) is 51.7 Å². The summed E-state index contributed by atoms with van der Waals surface area (Å²) in [5.74, 6) is -7.88. The van der Waals surface area contributed by atoms with E-state index in [4.69, 9.17) is 23.7 Å². The van der Waals surface area contributed by atoms with E-state index < -0.39 is 89.6 Å². The Bertz CT molecular complexity index is 2090. The van der Waals surface area contributed by atoms with Gasteiger partial charge in [-0.15, -0.1) is 0 Å². The van der Waals surface area contributed by atoms with E-state index in [2.05, 4.69) is 19.2 Å². The van der Waals surface area contributed by atoms with Gasteiger partial charge in [-0.1, -0.05) is 85.5 Å². The van der Waals surface area contributed by atoms with Crippen molar-refractivity contribution in [2.24, 2.45) is 23.7 Å². The molecule has 2 amide bonds. The van der Waals surface area contributed by atoms with Gasteiger partial charge in [0.1, 0.15) is 23.4 Å². The number of carbonyl (C=O) groups is 4. The molecule has 3 heterocycles. The number of aliphatic hydroxyl groups excluding tert-OH is 2. The molecule has 0 saturated heterocycles. The molecule has 9 atom stereocenters. The second kappa shape index (κ2) is 22.7. The summed E-state index contributed by atoms with van der Waals surface area (Å²) in [7, 11) is 1.45. The van der Waals surface area contributed by atoms with Crippen molar-refractivity contribution in [2.45, 2.75) is 138 Å². The summed E-state index contributed by atoms with van der Waals surface area (Å²) in [5, 5.41) is 48.9. The first-order valence-electron chi connectivity index (χ1n) is 22.5. The maximum absolute atomic E-state index is 14.6. The van der Waals surface area contributed by atoms with Crippen LogP contribution >= 0.6 is 0 Å². The average Bonchev–Trinajstić information content (AvgIpc) is 3.52. The van der Waals surface area contributed by atoms with Gasteiger partial charge in [0.05, 0.1) is 41.2 Å². The van der Waals surface area contributed by atoms with Crippen molar-refractivity contribution in [3.63, 3.8) is 0 Å². The van der Waals surface area contributed by atoms with E-state index in [9.17, 15) is 39.6 Å². The van der Waals surface area contributed by atoms with Gasteiger partial charge in [0.2, 0.25) is 0 Å². The molecule has 2 aromatic rings. The van der Waals surface area contributed by atoms with E-state index in [0.717, 1.165) is 38.5 Å². The number of phenols is 2. The van der Waals surface area contributed by atoms with E-state index >= 15 is 0 Å². The zero-order valence-corrected chi connectivity index (χ0v) is 39.4. The second-order valence-electron chi connectivity index (χ2n) is 17.5. The number of rotatable bonds is 13. The quantitative estimate of drug-likeness (QED) is 0.0745. The molecule has 0 radical (unpaired) electrons. The fourth-order valence-corrected chi connectivity index (χ4v) is 8.45. The number of carbonyl (C=O) groups excluding carboxylic acids is 4. The molecule has 0 saturated carbocycles. The standard InChI is InChI=1S/C49H70N2O13/c1-12-14-16-22-51(23-17-15-13-2)37(53)26-61-36-25-34-44(57)39-38(36)40-46(32(8)43(39)56)64-49(10,47(40)58)62-24-21-35(60-11)29(5)45(63-33(9)52)31(7)42(55)30(6)41(54)27(3)19-18-20-28(4)48(59)50-34/h18-21,24-25,27,29-31,35,41-42,45,54-57H,12-17,22-23,26H2,1-11H3,(H,50,59). The van der Waals surface area contributed by atoms with E-state index in [-0.39, 0.29) is 50.6 Å². The molecule has 3 aliphatic rings. The number of amides is 2. The number of unbranched alkanes of at least 4 members (excludes halogenated alkanes) is 4. The van der Waals surface area contributed by atoms with Crippen LogP contribution < -0.4 is 14.8 Å². The van der Waals surface area contributed by atoms with Crippen LogP contribution in [0.3, 0.4) is 0 Å². The maximum Gasteiger partial charge on any atom is 0.312 e. The summed E-state index contributed by atoms with van der Waals surface area (Å²) in [6.07, 6.45) is 9.12. The highest BCUT2D eigenvalue weighted by atomic mass is 16.7. The Hall–Kier alpha value is -5.12. The van der Waals surface area contributed by atoms with Crippen molar-refractivity contribution < 1.29 is 63.3 Å². The van der Waals surface area contributed by atoms with Crippen LogP contribution in [-0.4, -0.2) is 106 Å². The molecule has 5 N–H and O–H groups in total. The number of aliphatic hydroxyl groups is 2. The maximum atomic E-state index is 14.6. The minimum absolute atomic E-state index is 0.0463. The lowest BCUT2D eigenvalue weighted by Crippen LogP contribution is -2.46. The number of hydrogen-bond acceptors (Lipinski definition) is 13. The van der Waals surface area contributed by atoms with Crippen LogP contribution in [-0.2, 0) is 28.6 Å². The normalized spacial score (nSPS) is 26.6. The number of esters is 1. The third-order valence-corrected chi connectivity index (χ3v) is 12.6. The summed E-state index contributed by atoms with van der Waals surface area (Å²) < 4.78 is 30.1. The van der Waals surface area contributed by atoms with E-state index in [0.29, 0.717) is 13.1 Å². The predicted octanol–water partition coefficient (Wildman–Crippen LogP) is 7.64. The fraction of sp³-hybridized carbons (Fsp3) is 0.592. The second-order valence-corrected chi connectivity index (χ2v) is 17.5. The van der Waals surface area contributed by atoms with Crippen LogP contribution in [0.25, 0.3) is 10.8 Å². The van der Waals surface area contributed by atoms with Crippen LogP contribution in [0, 0.1) is 30.6 Å². The molecule has 354 valence electrons. The topological polar surface area (TPSA) is 211 Å². The number of benzene rings is 2. The average molecular weight is 895 g/mol. The zero-order valence-electron chi connectivity index (χ0n) is 39.4. The Morgan fingerprint density at radius 1 is 0.891 bits per heavy atom. The van der Waals surface area contributed by atoms with Gasteiger partial charge in [-0.2, -0.15) is 0 Å². The number of fused-ring (bicyclic) bond motifs is 14. The van der Waals surface area contributed by atoms with Gasteiger partial charge in [-0.25, -0.2) is 0 Å². The number of hydrogen-bond donors (Lipinski definition) is 5. The van der Waals surface area contributed by atoms with Crippen molar-refractivity contribution >= 4 is 40.0 Å². The van der Waals surface area contributed by atoms with Gasteiger partial charge in [0.25, 0.3) is 17.6 Å². The van der Waals surface area contributed by atoms with Crippen LogP contribution in [0.5, 0.6) is 23.0 Å². The van der Waals surface area contributed by atoms with Crippen molar-refractivity contribution in [1.29, 1.82) is 0 Å². The number of Topliss-reactive ketones (excluding diaryl/α,β-unsaturated/α-hetero) is 1. The van der Waals surface area contributed by atoms with Crippen molar-refractivity contribution in [2.75, 3.05) is 32.1 Å². The number of nitrogens with zero attached hydrogens (tertiary/aromatic N) is 1. The molecule has 15 heteroatoms. The zero-order chi connectivity index (χ0) is 47.6. The van der Waals surface area contributed by atoms with Gasteiger partial charge in [-0.3, -0.25) is 19.2 Å². The van der Waals surface area contributed by atoms with Gasteiger partial charge in [-0.05, 0) is 32.8 Å². The van der Waals surface area contributed by atoms with Crippen LogP contribution in [0.15, 0.2) is 42.2 Å². The number of allylic oxidation sites excluding steroid dienone is 2. The van der Waals surface area contributed by atoms with Gasteiger partial charge >= 0.3 is 11.8 Å². The lowest BCUT2D eigenvalue weighted by molar-refractivity contribution is -0.160. The molecule has 64 heavy (non-hydrogen) atoms. The first kappa shape index (κ1) is 51.5. The molecule has 3 aliphatic heterocycles. The van der Waals surface area contributed by atoms with Crippen LogP contribution in [0.1, 0.15) is 117 Å². The Morgan fingerprint density at radius 3 is 2.12 bits per heavy atom. The third-order valence-electron chi connectivity index (χ3n) is 12.6. The Labute approximate surface area is 377 Å². The number of aromatic hydroxyl groups is 2. The summed E-state index contributed by atoms with van der Waals surface area (Å²) in [6, 6.07) is 1.30. The van der Waals surface area contributed by atoms with E-state index in [1.165, 1.54) is 52.4 Å². The Balaban J connectivity index is 1.91. The molecular formula is C49H70N2O13. The van der Waals surface area contributed by atoms with Crippen LogP contribution in [0.2, 0.25) is 0 Å². The summed E-state index contributed by atoms with van der Waals surface area (Å²) >= 11 is 0. The predicted molar refractivity (Wildman–Crippen MR) is 243 cm³/mol. The first-order chi connectivity index (χ1) is 30.2. The number of methoxy groups -OCH3 is 1. The summed E-state index contributed by atoms with van der Waals surface area (Å²) in [4.78, 5) is 56.3. The van der Waals surface area contributed by atoms with Crippen LogP contribution in [0.4, 0.5) is 5.69 Å². The SMILES string of the molecule is CCCCCN(CCCCC)C(=O)COc1cc2c(O)c3c(O)c(C)c4c(c13)C(=O)C(C)(OC=CC(OC)C(C)C(OC(C)=O)C(C)C(O)C(C)C(O)C(C)C=CC=C(C)C(=O)N2)O4. The number of anilines is 1. The monoisotopic (exact) mass is 894 g/mol. The van der Waals surface area contributed by atoms with Crippen molar-refractivity contribution in [3.05, 3.63) is 53.3 Å². The largest absolute Gasteiger partial charge is 0.507 e. The molecule has 5 bridgehead atoms. The molecule has 2 aromatic carbocycles. The summed E-state index contributed by atoms with van der Waals surface area (Å²) in [6.45, 7) is 17.4. The minimum atomic E-state index is -2.03. The van der Waals surface area contributed by atoms with Crippen molar-refractivity contribution in [1.82, 2.24) is 4.90 Å². The van der Waals surface area contributed by atoms with Crippen molar-refractivity contribution in [3.8, 4) is 23.0 Å². The highest BCUT2D eigenvalue weighted by molar-refractivity contribution is 6.21. The number of ether oxygens (including phenoxy) is 5. The highest BCUT2D eigenvalue weighted by Crippen LogP contribution is 2.54. The molecule has 0 spiro atoms. The lowest BCUT2D eigenvalue weighted by atomic mass is 9.78. The third kappa shape index (κ3) is 11.6. The fourth-order valence-electron chi connectivity index (χ4n) is 8.45. The highest BCUT2D eigenvalue weighted by Gasteiger charge is 2.50. The smallest absolute Gasteiger partial charge is 0.312 e. The number of ketones is 1. The Morgan fingerprint density at radius 2 is 1.53 bits per heavy atom. The van der Waals surface area contributed by atoms with Gasteiger partial charge in [0, 0.05) is 80.3 Å². The number of phenolic OH excluding ortho intramolecular Hbond substituents is 2. The first-order valence-corrected chi connectivity index (χ1v) is 22.5. The molecule has 0 fully saturated rings. The van der Waals surface area contributed by atoms with Gasteiger partial charge < -0.3 is 54.3 Å². The molecular weight excluding hydrogens is 825 g/mol. The summed E-state index contributed by atoms with van der Waals surface area (Å²) in [5.41, 5.74) is 0.0358. The molecule has 5 rings (SSSR count). The molecule has 9 unspecified atom stereocenters. The minimum Gasteiger partial charge on any atom is -0.507 e.